The van der Waals surface area contributed by atoms with Crippen LogP contribution in [0.2, 0.25) is 0 Å². The van der Waals surface area contributed by atoms with Gasteiger partial charge >= 0.3 is 0 Å². The molecule has 2 fully saturated rings. The molecule has 0 radical (unpaired) electrons. The van der Waals surface area contributed by atoms with Crippen molar-refractivity contribution in [3.05, 3.63) is 65.5 Å². The number of hydrogen-bond donors (Lipinski definition) is 1. The van der Waals surface area contributed by atoms with Gasteiger partial charge in [0.05, 0.1) is 36.1 Å². The van der Waals surface area contributed by atoms with Crippen LogP contribution in [-0.2, 0) is 9.53 Å². The molecule has 0 amide bonds. The molecule has 2 unspecified atom stereocenters. The third-order valence-electron chi connectivity index (χ3n) is 7.28. The quantitative estimate of drug-likeness (QED) is 0.326. The van der Waals surface area contributed by atoms with Gasteiger partial charge in [-0.15, -0.1) is 0 Å². The average Bonchev–Trinajstić information content (AvgIpc) is 3.63. The van der Waals surface area contributed by atoms with Crippen LogP contribution >= 0.6 is 11.8 Å². The van der Waals surface area contributed by atoms with E-state index in [1.54, 1.807) is 16.8 Å². The fraction of sp³-hybridized carbons (Fsp3) is 0.345. The zero-order valence-corrected chi connectivity index (χ0v) is 23.4. The molecule has 1 N–H and O–H groups in total. The molecule has 0 saturated carbocycles. The van der Waals surface area contributed by atoms with Gasteiger partial charge in [-0.1, -0.05) is 18.2 Å². The molecule has 2 aliphatic rings. The topological polar surface area (TPSA) is 123 Å². The van der Waals surface area contributed by atoms with E-state index in [0.29, 0.717) is 22.4 Å². The number of halogens is 1. The lowest BCUT2D eigenvalue weighted by Crippen LogP contribution is -2.35. The zero-order valence-electron chi connectivity index (χ0n) is 22.6. The Balaban J connectivity index is 0.000000233. The molecule has 2 saturated heterocycles. The Morgan fingerprint density at radius 3 is 2.38 bits per heavy atom. The van der Waals surface area contributed by atoms with Gasteiger partial charge in [0, 0.05) is 44.9 Å². The highest BCUT2D eigenvalue weighted by Gasteiger charge is 2.33. The maximum Gasteiger partial charge on any atom is 0.292 e. The van der Waals surface area contributed by atoms with E-state index in [1.807, 2.05) is 25.3 Å². The lowest BCUT2D eigenvalue weighted by Gasteiger charge is -2.30. The predicted octanol–water partition coefficient (Wildman–Crippen LogP) is 5.49. The molecule has 0 aliphatic carbocycles. The summed E-state index contributed by atoms with van der Waals surface area (Å²) in [6.45, 7) is 2.29. The number of ether oxygens (including phenoxy) is 1. The van der Waals surface area contributed by atoms with Crippen LogP contribution in [0, 0.1) is 35.4 Å². The number of methoxy groups -OCH3 is 1. The van der Waals surface area contributed by atoms with E-state index in [2.05, 4.69) is 38.0 Å². The van der Waals surface area contributed by atoms with Gasteiger partial charge in [0.1, 0.15) is 18.0 Å². The van der Waals surface area contributed by atoms with Gasteiger partial charge < -0.3 is 9.64 Å². The fourth-order valence-electron chi connectivity index (χ4n) is 5.21. The number of carbonyl (C=O) groups excluding carboxylic acids is 1. The number of aromatic amines is 1. The van der Waals surface area contributed by atoms with Crippen LogP contribution in [0.4, 0.5) is 4.39 Å². The van der Waals surface area contributed by atoms with Gasteiger partial charge in [0.25, 0.3) is 6.47 Å². The Morgan fingerprint density at radius 1 is 1.10 bits per heavy atom. The highest BCUT2D eigenvalue weighted by molar-refractivity contribution is 7.99. The summed E-state index contributed by atoms with van der Waals surface area (Å²) >= 11 is 1.30. The second-order valence-corrected chi connectivity index (χ2v) is 10.7. The smallest absolute Gasteiger partial charge is 0.292 e. The van der Waals surface area contributed by atoms with Gasteiger partial charge in [0.2, 0.25) is 0 Å². The zero-order chi connectivity index (χ0) is 28.6. The number of carbonyl (C=O) groups is 1. The number of piperidine rings is 1. The summed E-state index contributed by atoms with van der Waals surface area (Å²) in [4.78, 5) is 12.9. The summed E-state index contributed by atoms with van der Waals surface area (Å²) in [6, 6.07) is 12.1. The third-order valence-corrected chi connectivity index (χ3v) is 8.38. The number of H-pyrrole nitrogens is 1. The number of rotatable bonds is 4. The lowest BCUT2D eigenvalue weighted by molar-refractivity contribution is -0.126. The number of nitriles is 2. The summed E-state index contributed by atoms with van der Waals surface area (Å²) in [7, 11) is 3.61. The van der Waals surface area contributed by atoms with Crippen molar-refractivity contribution in [3.8, 4) is 23.3 Å². The highest BCUT2D eigenvalue weighted by atomic mass is 32.2. The molecule has 2 aliphatic heterocycles. The van der Waals surface area contributed by atoms with Crippen molar-refractivity contribution >= 4 is 23.8 Å². The van der Waals surface area contributed by atoms with E-state index in [4.69, 9.17) is 4.79 Å². The maximum absolute atomic E-state index is 13.5. The van der Waals surface area contributed by atoms with E-state index in [1.165, 1.54) is 69.3 Å². The summed E-state index contributed by atoms with van der Waals surface area (Å²) in [5.74, 6) is -0.467. The van der Waals surface area contributed by atoms with Crippen molar-refractivity contribution < 1.29 is 13.9 Å². The molecule has 9 nitrogen and oxygen atoms in total. The van der Waals surface area contributed by atoms with Crippen molar-refractivity contribution in [2.75, 3.05) is 14.2 Å². The van der Waals surface area contributed by atoms with E-state index in [-0.39, 0.29) is 5.56 Å². The second-order valence-electron chi connectivity index (χ2n) is 9.63. The largest absolute Gasteiger partial charge is 0.471 e. The van der Waals surface area contributed by atoms with Crippen molar-refractivity contribution in [2.45, 2.75) is 60.9 Å². The van der Waals surface area contributed by atoms with Crippen LogP contribution in [0.25, 0.3) is 16.6 Å². The number of aromatic nitrogens is 4. The Labute approximate surface area is 236 Å². The molecule has 11 heteroatoms. The van der Waals surface area contributed by atoms with Crippen LogP contribution in [0.1, 0.15) is 48.9 Å². The van der Waals surface area contributed by atoms with Gasteiger partial charge in [-0.05, 0) is 63.9 Å². The minimum atomic E-state index is -0.467. The van der Waals surface area contributed by atoms with Crippen molar-refractivity contribution in [3.63, 3.8) is 0 Å². The molecule has 1 aromatic carbocycles. The number of hydrogen-bond acceptors (Lipinski definition) is 8. The number of nitrogens with one attached hydrogen (secondary N) is 1. The van der Waals surface area contributed by atoms with E-state index in [9.17, 15) is 14.9 Å². The summed E-state index contributed by atoms with van der Waals surface area (Å²) in [6.07, 6.45) is 12.4. The minimum Gasteiger partial charge on any atom is -0.471 e. The molecular formula is C29H30FN7O2S. The van der Waals surface area contributed by atoms with Gasteiger partial charge in [0.15, 0.2) is 0 Å². The van der Waals surface area contributed by atoms with Gasteiger partial charge in [-0.3, -0.25) is 9.89 Å². The van der Waals surface area contributed by atoms with Crippen LogP contribution < -0.4 is 0 Å². The fourth-order valence-corrected chi connectivity index (χ4v) is 6.28. The monoisotopic (exact) mass is 559 g/mol. The normalized spacial score (nSPS) is 17.6. The molecule has 6 rings (SSSR count). The predicted molar refractivity (Wildman–Crippen MR) is 149 cm³/mol. The van der Waals surface area contributed by atoms with Crippen LogP contribution in [0.15, 0.2) is 52.6 Å². The third kappa shape index (κ3) is 6.33. The van der Waals surface area contributed by atoms with E-state index >= 15 is 0 Å². The first-order valence-corrected chi connectivity index (χ1v) is 13.7. The molecule has 206 valence electrons. The lowest BCUT2D eigenvalue weighted by atomic mass is 10.0. The van der Waals surface area contributed by atoms with Crippen molar-refractivity contribution in [1.82, 2.24) is 24.7 Å². The number of fused-ring (bicyclic) bond motifs is 3. The molecule has 2 bridgehead atoms. The minimum absolute atomic E-state index is 0.237. The standard InChI is InChI=1S/C19H11FN6S.C8H15N.C2H4O2/c1-11-16(9-23-25-11)13-5-18(19-14(7-22)8-24-26(19)10-13)27-17-3-2-15(20)4-12(17)6-21;1-9-7-3-2-4-8(9)6-5-7;1-4-2-3/h2-5,8-10H,1H3,(H,23,25);7-8H,2-6H2,1H3;2H,1H3. The SMILES string of the molecule is CN1C2CCCC1CC2.COC=O.Cc1[nH]ncc1-c1cc(Sc2ccc(F)cc2C#N)c2c(C#N)cnn2c1. The molecule has 3 aromatic heterocycles. The Bertz CT molecular complexity index is 1550. The highest BCUT2D eigenvalue weighted by Crippen LogP contribution is 2.37. The molecule has 2 atom stereocenters. The first-order chi connectivity index (χ1) is 19.4. The van der Waals surface area contributed by atoms with E-state index in [0.717, 1.165) is 33.8 Å². The van der Waals surface area contributed by atoms with Crippen LogP contribution in [0.5, 0.6) is 0 Å². The molecule has 4 aromatic rings. The summed E-state index contributed by atoms with van der Waals surface area (Å²) < 4.78 is 19.0. The van der Waals surface area contributed by atoms with Gasteiger partial charge in [-0.25, -0.2) is 8.91 Å². The average molecular weight is 560 g/mol. The molecule has 0 spiro atoms. The van der Waals surface area contributed by atoms with Crippen LogP contribution in [-0.4, -0.2) is 57.4 Å². The van der Waals surface area contributed by atoms with Crippen molar-refractivity contribution in [2.24, 2.45) is 0 Å². The number of aryl methyl sites for hydroxylation is 1. The summed E-state index contributed by atoms with van der Waals surface area (Å²) in [5.41, 5.74) is 3.98. The first kappa shape index (κ1) is 28.8. The number of pyridine rings is 1. The Hall–Kier alpha value is -4.19. The van der Waals surface area contributed by atoms with Crippen molar-refractivity contribution in [1.29, 1.82) is 10.5 Å². The van der Waals surface area contributed by atoms with Gasteiger partial charge in [-0.2, -0.15) is 20.7 Å². The maximum atomic E-state index is 13.5. The number of nitrogens with zero attached hydrogens (tertiary/aromatic N) is 6. The van der Waals surface area contributed by atoms with E-state index < -0.39 is 5.82 Å². The first-order valence-electron chi connectivity index (χ1n) is 12.9. The summed E-state index contributed by atoms with van der Waals surface area (Å²) in [5, 5.41) is 30.0. The number of benzene rings is 1. The molecule has 40 heavy (non-hydrogen) atoms. The van der Waals surface area contributed by atoms with Crippen LogP contribution in [0.3, 0.4) is 0 Å². The second kappa shape index (κ2) is 13.2. The molecule has 5 heterocycles. The Kier molecular flexibility index (Phi) is 9.54. The Morgan fingerprint density at radius 2 is 1.80 bits per heavy atom. The molecular weight excluding hydrogens is 529 g/mol.